The van der Waals surface area contributed by atoms with Gasteiger partial charge >= 0.3 is 0 Å². The van der Waals surface area contributed by atoms with Crippen molar-refractivity contribution in [3.05, 3.63) is 64.5 Å². The van der Waals surface area contributed by atoms with Crippen LogP contribution in [0.3, 0.4) is 0 Å². The highest BCUT2D eigenvalue weighted by Gasteiger charge is 2.16. The number of aromatic nitrogens is 2. The second-order valence-electron chi connectivity index (χ2n) is 5.45. The monoisotopic (exact) mass is 391 g/mol. The molecule has 134 valence electrons. The Balaban J connectivity index is 1.54. The maximum Gasteiger partial charge on any atom is 0.261 e. The Morgan fingerprint density at radius 3 is 2.38 bits per heavy atom. The summed E-state index contributed by atoms with van der Waals surface area (Å²) >= 11 is 11.7. The van der Waals surface area contributed by atoms with Crippen LogP contribution in [0.5, 0.6) is 5.75 Å². The number of hydrogen-bond acceptors (Lipinski definition) is 5. The van der Waals surface area contributed by atoms with Crippen molar-refractivity contribution in [2.45, 2.75) is 19.6 Å². The van der Waals surface area contributed by atoms with Crippen LogP contribution in [0.4, 0.5) is 0 Å². The second-order valence-corrected chi connectivity index (χ2v) is 6.32. The molecule has 1 heterocycles. The van der Waals surface area contributed by atoms with Crippen molar-refractivity contribution >= 4 is 29.1 Å². The van der Waals surface area contributed by atoms with E-state index in [1.165, 1.54) is 0 Å². The lowest BCUT2D eigenvalue weighted by atomic mass is 10.2. The Morgan fingerprint density at radius 1 is 1.12 bits per heavy atom. The number of amides is 1. The standard InChI is InChI=1S/C18H15Cl2N3O3/c1-11(25-15-8-6-14(20)7-9-15)18(24)21-10-16-22-17(23-26-16)12-2-4-13(19)5-3-12/h2-9,11H,10H2,1H3,(H,21,24)/t11-/m0/s1. The molecule has 0 saturated heterocycles. The molecule has 1 atom stereocenters. The molecule has 0 aliphatic carbocycles. The van der Waals surface area contributed by atoms with Gasteiger partial charge in [-0.2, -0.15) is 4.98 Å². The molecule has 1 amide bonds. The number of ether oxygens (including phenoxy) is 1. The van der Waals surface area contributed by atoms with E-state index in [0.29, 0.717) is 27.5 Å². The summed E-state index contributed by atoms with van der Waals surface area (Å²) in [5.41, 5.74) is 0.773. The molecule has 0 unspecified atom stereocenters. The Morgan fingerprint density at radius 2 is 1.73 bits per heavy atom. The van der Waals surface area contributed by atoms with Gasteiger partial charge in [-0.25, -0.2) is 0 Å². The first-order valence-electron chi connectivity index (χ1n) is 7.80. The van der Waals surface area contributed by atoms with Gasteiger partial charge < -0.3 is 14.6 Å². The summed E-state index contributed by atoms with van der Waals surface area (Å²) in [6.07, 6.45) is -0.685. The quantitative estimate of drug-likeness (QED) is 0.683. The number of rotatable bonds is 6. The van der Waals surface area contributed by atoms with E-state index in [9.17, 15) is 4.79 Å². The zero-order valence-corrected chi connectivity index (χ0v) is 15.3. The van der Waals surface area contributed by atoms with Gasteiger partial charge in [0.05, 0.1) is 6.54 Å². The minimum Gasteiger partial charge on any atom is -0.481 e. The number of carbonyl (C=O) groups is 1. The fourth-order valence-electron chi connectivity index (χ4n) is 2.12. The maximum absolute atomic E-state index is 12.1. The Hall–Kier alpha value is -2.57. The van der Waals surface area contributed by atoms with Crippen LogP contribution in [-0.4, -0.2) is 22.2 Å². The molecule has 0 bridgehead atoms. The molecule has 1 aromatic heterocycles. The summed E-state index contributed by atoms with van der Waals surface area (Å²) in [5.74, 6) is 0.976. The first-order valence-corrected chi connectivity index (χ1v) is 8.55. The lowest BCUT2D eigenvalue weighted by Crippen LogP contribution is -2.35. The van der Waals surface area contributed by atoms with Gasteiger partial charge in [0, 0.05) is 15.6 Å². The van der Waals surface area contributed by atoms with E-state index in [2.05, 4.69) is 15.5 Å². The average molecular weight is 392 g/mol. The fraction of sp³-hybridized carbons (Fsp3) is 0.167. The molecule has 1 N–H and O–H groups in total. The highest BCUT2D eigenvalue weighted by atomic mass is 35.5. The van der Waals surface area contributed by atoms with Crippen molar-refractivity contribution in [2.75, 3.05) is 0 Å². The van der Waals surface area contributed by atoms with Gasteiger partial charge in [0.25, 0.3) is 5.91 Å². The second kappa shape index (κ2) is 8.21. The Kier molecular flexibility index (Phi) is 5.75. The predicted octanol–water partition coefficient (Wildman–Crippen LogP) is 4.13. The zero-order chi connectivity index (χ0) is 18.5. The molecule has 0 spiro atoms. The molecular formula is C18H15Cl2N3O3. The van der Waals surface area contributed by atoms with Gasteiger partial charge in [0.15, 0.2) is 6.10 Å². The van der Waals surface area contributed by atoms with Gasteiger partial charge in [-0.3, -0.25) is 4.79 Å². The van der Waals surface area contributed by atoms with E-state index < -0.39 is 6.10 Å². The smallest absolute Gasteiger partial charge is 0.261 e. The summed E-state index contributed by atoms with van der Waals surface area (Å²) in [5, 5.41) is 7.81. The molecule has 0 fully saturated rings. The number of nitrogens with one attached hydrogen (secondary N) is 1. The highest BCUT2D eigenvalue weighted by molar-refractivity contribution is 6.30. The van der Waals surface area contributed by atoms with Crippen LogP contribution < -0.4 is 10.1 Å². The summed E-state index contributed by atoms with van der Waals surface area (Å²) in [4.78, 5) is 16.4. The molecule has 26 heavy (non-hydrogen) atoms. The van der Waals surface area contributed by atoms with Gasteiger partial charge in [-0.05, 0) is 55.5 Å². The van der Waals surface area contributed by atoms with Crippen LogP contribution in [0.1, 0.15) is 12.8 Å². The van der Waals surface area contributed by atoms with E-state index in [1.807, 2.05) is 0 Å². The number of nitrogens with zero attached hydrogens (tertiary/aromatic N) is 2. The Labute approximate surface area is 160 Å². The predicted molar refractivity (Wildman–Crippen MR) is 98.1 cm³/mol. The molecule has 0 saturated carbocycles. The Bertz CT molecular complexity index is 879. The zero-order valence-electron chi connectivity index (χ0n) is 13.8. The number of halogens is 2. The molecule has 0 aliphatic heterocycles. The normalized spacial score (nSPS) is 11.8. The van der Waals surface area contributed by atoms with Gasteiger partial charge in [-0.15, -0.1) is 0 Å². The summed E-state index contributed by atoms with van der Waals surface area (Å²) < 4.78 is 10.7. The van der Waals surface area contributed by atoms with E-state index in [4.69, 9.17) is 32.5 Å². The first-order chi connectivity index (χ1) is 12.5. The van der Waals surface area contributed by atoms with Crippen molar-refractivity contribution in [2.24, 2.45) is 0 Å². The van der Waals surface area contributed by atoms with Crippen molar-refractivity contribution in [1.29, 1.82) is 0 Å². The summed E-state index contributed by atoms with van der Waals surface area (Å²) in [6.45, 7) is 1.75. The third-order valence-electron chi connectivity index (χ3n) is 3.48. The number of hydrogen-bond donors (Lipinski definition) is 1. The van der Waals surface area contributed by atoms with Gasteiger partial charge in [0.1, 0.15) is 5.75 Å². The number of benzene rings is 2. The van der Waals surface area contributed by atoms with Crippen molar-refractivity contribution in [3.8, 4) is 17.1 Å². The molecule has 3 rings (SSSR count). The maximum atomic E-state index is 12.1. The van der Waals surface area contributed by atoms with Gasteiger partial charge in [-0.1, -0.05) is 28.4 Å². The van der Waals surface area contributed by atoms with E-state index in [-0.39, 0.29) is 12.5 Å². The van der Waals surface area contributed by atoms with Crippen LogP contribution in [0.15, 0.2) is 53.1 Å². The van der Waals surface area contributed by atoms with Crippen LogP contribution >= 0.6 is 23.2 Å². The minimum absolute atomic E-state index is 0.105. The minimum atomic E-state index is -0.685. The molecule has 0 radical (unpaired) electrons. The van der Waals surface area contributed by atoms with Crippen molar-refractivity contribution < 1.29 is 14.1 Å². The van der Waals surface area contributed by atoms with E-state index in [0.717, 1.165) is 5.56 Å². The van der Waals surface area contributed by atoms with E-state index in [1.54, 1.807) is 55.5 Å². The van der Waals surface area contributed by atoms with Crippen LogP contribution in [-0.2, 0) is 11.3 Å². The molecule has 8 heteroatoms. The SMILES string of the molecule is C[C@H](Oc1ccc(Cl)cc1)C(=O)NCc1nc(-c2ccc(Cl)cc2)no1. The van der Waals surface area contributed by atoms with Crippen LogP contribution in [0.25, 0.3) is 11.4 Å². The summed E-state index contributed by atoms with van der Waals surface area (Å²) in [7, 11) is 0. The first kappa shape index (κ1) is 18.2. The van der Waals surface area contributed by atoms with Crippen molar-refractivity contribution in [1.82, 2.24) is 15.5 Å². The molecule has 6 nitrogen and oxygen atoms in total. The number of carbonyl (C=O) groups excluding carboxylic acids is 1. The lowest BCUT2D eigenvalue weighted by molar-refractivity contribution is -0.127. The summed E-state index contributed by atoms with van der Waals surface area (Å²) in [6, 6.07) is 13.8. The third kappa shape index (κ3) is 4.74. The topological polar surface area (TPSA) is 77.2 Å². The van der Waals surface area contributed by atoms with Crippen molar-refractivity contribution in [3.63, 3.8) is 0 Å². The largest absolute Gasteiger partial charge is 0.481 e. The fourth-order valence-corrected chi connectivity index (χ4v) is 2.37. The van der Waals surface area contributed by atoms with Crippen LogP contribution in [0, 0.1) is 0 Å². The lowest BCUT2D eigenvalue weighted by Gasteiger charge is -2.13. The molecular weight excluding hydrogens is 377 g/mol. The van der Waals surface area contributed by atoms with E-state index >= 15 is 0 Å². The third-order valence-corrected chi connectivity index (χ3v) is 3.98. The average Bonchev–Trinajstić information content (AvgIpc) is 3.11. The van der Waals surface area contributed by atoms with Gasteiger partial charge in [0.2, 0.25) is 11.7 Å². The highest BCUT2D eigenvalue weighted by Crippen LogP contribution is 2.19. The molecule has 2 aromatic carbocycles. The van der Waals surface area contributed by atoms with Crippen LogP contribution in [0.2, 0.25) is 10.0 Å². The molecule has 0 aliphatic rings. The molecule has 3 aromatic rings.